The van der Waals surface area contributed by atoms with Crippen LogP contribution in [0.1, 0.15) is 51.3 Å². The molecular formula is C35H28F2N4O5. The van der Waals surface area contributed by atoms with E-state index >= 15 is 8.78 Å². The quantitative estimate of drug-likeness (QED) is 0.245. The minimum absolute atomic E-state index is 0.0322. The van der Waals surface area contributed by atoms with Crippen molar-refractivity contribution in [1.29, 1.82) is 5.26 Å². The van der Waals surface area contributed by atoms with Crippen LogP contribution in [0.4, 0.5) is 8.78 Å². The van der Waals surface area contributed by atoms with Crippen molar-refractivity contribution < 1.29 is 32.9 Å². The monoisotopic (exact) mass is 622 g/mol. The molecule has 0 saturated carbocycles. The topological polar surface area (TPSA) is 119 Å². The lowest BCUT2D eigenvalue weighted by atomic mass is 10.0. The molecule has 232 valence electrons. The van der Waals surface area contributed by atoms with Crippen LogP contribution in [0.5, 0.6) is 11.6 Å². The number of aromatic nitrogens is 3. The molecule has 46 heavy (non-hydrogen) atoms. The summed E-state index contributed by atoms with van der Waals surface area (Å²) in [5, 5.41) is 19.0. The van der Waals surface area contributed by atoms with E-state index in [-0.39, 0.29) is 35.8 Å². The van der Waals surface area contributed by atoms with Crippen LogP contribution in [0.15, 0.2) is 60.7 Å². The second kappa shape index (κ2) is 12.2. The first-order valence-corrected chi connectivity index (χ1v) is 15.0. The molecule has 2 aromatic heterocycles. The molecule has 7 rings (SSSR count). The summed E-state index contributed by atoms with van der Waals surface area (Å²) in [5.74, 6) is -1.37. The van der Waals surface area contributed by atoms with Gasteiger partial charge in [-0.15, -0.1) is 0 Å². The highest BCUT2D eigenvalue weighted by molar-refractivity contribution is 5.92. The van der Waals surface area contributed by atoms with E-state index in [4.69, 9.17) is 14.2 Å². The predicted molar refractivity (Wildman–Crippen MR) is 163 cm³/mol. The van der Waals surface area contributed by atoms with Crippen molar-refractivity contribution in [2.45, 2.75) is 44.9 Å². The molecule has 3 aromatic carbocycles. The van der Waals surface area contributed by atoms with Gasteiger partial charge in [0, 0.05) is 30.2 Å². The van der Waals surface area contributed by atoms with Crippen LogP contribution in [0.3, 0.4) is 0 Å². The number of aryl methyl sites for hydroxylation is 1. The van der Waals surface area contributed by atoms with Crippen molar-refractivity contribution in [3.05, 3.63) is 106 Å². The number of aromatic carboxylic acids is 1. The molecule has 2 aliphatic heterocycles. The third-order valence-electron chi connectivity index (χ3n) is 8.37. The fourth-order valence-electron chi connectivity index (χ4n) is 5.87. The standard InChI is InChI=1S/C35H28F2N4O5/c36-27-12-23(15-32-40-34-28(37)13-24(35(42)43)14-30(34)41(32)18-25-8-10-44-25)31-16-26(27)29-4-1-5-33(39-29)46-19-22-7-6-20(17-38)11-21(22)3-2-9-45-31/h1,4-7,11-14,16,25H,2-3,8-10,15,18-19H2,(H,42,43)/t25-/m0/s1. The molecule has 0 amide bonds. The number of halogens is 2. The lowest BCUT2D eigenvalue weighted by Crippen LogP contribution is -2.31. The SMILES string of the molecule is N#Cc1ccc2c(c1)CCCOc1cc(c(F)cc1Cc1nc3c(F)cc(C(=O)O)cc3n1C[C@@H]1CCO1)-c1cccc(n1)OC2. The molecule has 0 aliphatic carbocycles. The predicted octanol–water partition coefficient (Wildman–Crippen LogP) is 6.23. The Morgan fingerprint density at radius 1 is 1.02 bits per heavy atom. The molecule has 5 aromatic rings. The largest absolute Gasteiger partial charge is 0.493 e. The molecule has 4 bridgehead atoms. The molecular weight excluding hydrogens is 594 g/mol. The van der Waals surface area contributed by atoms with E-state index in [0.717, 1.165) is 23.6 Å². The van der Waals surface area contributed by atoms with Crippen LogP contribution in [0, 0.1) is 23.0 Å². The third kappa shape index (κ3) is 5.75. The number of carboxylic acids is 1. The number of carbonyl (C=O) groups is 1. The Kier molecular flexibility index (Phi) is 7.80. The van der Waals surface area contributed by atoms with Crippen LogP contribution >= 0.6 is 0 Å². The van der Waals surface area contributed by atoms with Gasteiger partial charge in [0.15, 0.2) is 5.82 Å². The van der Waals surface area contributed by atoms with E-state index < -0.39 is 17.6 Å². The number of ether oxygens (including phenoxy) is 3. The van der Waals surface area contributed by atoms with Gasteiger partial charge in [-0.2, -0.15) is 5.26 Å². The summed E-state index contributed by atoms with van der Waals surface area (Å²) in [5.41, 5.74) is 3.67. The smallest absolute Gasteiger partial charge is 0.335 e. The van der Waals surface area contributed by atoms with Crippen LogP contribution in [0.2, 0.25) is 0 Å². The number of nitriles is 1. The normalized spacial score (nSPS) is 15.9. The Labute approximate surface area is 262 Å². The van der Waals surface area contributed by atoms with Crippen molar-refractivity contribution in [1.82, 2.24) is 14.5 Å². The zero-order chi connectivity index (χ0) is 31.8. The zero-order valence-electron chi connectivity index (χ0n) is 24.6. The van der Waals surface area contributed by atoms with E-state index in [2.05, 4.69) is 16.0 Å². The maximum absolute atomic E-state index is 15.9. The zero-order valence-corrected chi connectivity index (χ0v) is 24.6. The number of benzene rings is 3. The van der Waals surface area contributed by atoms with Crippen LogP contribution in [-0.4, -0.2) is 44.9 Å². The maximum atomic E-state index is 15.9. The summed E-state index contributed by atoms with van der Waals surface area (Å²) in [6.07, 6.45) is 1.98. The number of imidazole rings is 1. The molecule has 1 saturated heterocycles. The molecule has 1 fully saturated rings. The van der Waals surface area contributed by atoms with Gasteiger partial charge in [-0.3, -0.25) is 0 Å². The van der Waals surface area contributed by atoms with Crippen molar-refractivity contribution in [3.8, 4) is 29.0 Å². The van der Waals surface area contributed by atoms with Crippen molar-refractivity contribution in [2.24, 2.45) is 0 Å². The fraction of sp³-hybridized carbons (Fsp3) is 0.257. The number of nitrogens with zero attached hydrogens (tertiary/aromatic N) is 4. The summed E-state index contributed by atoms with van der Waals surface area (Å²) in [6, 6.07) is 18.1. The van der Waals surface area contributed by atoms with Crippen LogP contribution in [0.25, 0.3) is 22.3 Å². The van der Waals surface area contributed by atoms with Crippen molar-refractivity contribution in [3.63, 3.8) is 0 Å². The summed E-state index contributed by atoms with van der Waals surface area (Å²) >= 11 is 0. The van der Waals surface area contributed by atoms with Crippen molar-refractivity contribution in [2.75, 3.05) is 13.2 Å². The van der Waals surface area contributed by atoms with Crippen molar-refractivity contribution >= 4 is 17.0 Å². The van der Waals surface area contributed by atoms with Gasteiger partial charge in [-0.25, -0.2) is 23.5 Å². The Morgan fingerprint density at radius 2 is 1.89 bits per heavy atom. The Balaban J connectivity index is 1.29. The van der Waals surface area contributed by atoms with Gasteiger partial charge >= 0.3 is 5.97 Å². The summed E-state index contributed by atoms with van der Waals surface area (Å²) in [4.78, 5) is 20.8. The maximum Gasteiger partial charge on any atom is 0.335 e. The van der Waals surface area contributed by atoms with Gasteiger partial charge in [0.05, 0.1) is 47.7 Å². The minimum Gasteiger partial charge on any atom is -0.493 e. The van der Waals surface area contributed by atoms with E-state index in [1.54, 1.807) is 34.9 Å². The Bertz CT molecular complexity index is 2030. The van der Waals surface area contributed by atoms with Crippen LogP contribution in [-0.2, 0) is 30.7 Å². The fourth-order valence-corrected chi connectivity index (χ4v) is 5.87. The highest BCUT2D eigenvalue weighted by Gasteiger charge is 2.25. The lowest BCUT2D eigenvalue weighted by molar-refractivity contribution is -0.0589. The van der Waals surface area contributed by atoms with E-state index in [0.29, 0.717) is 72.4 Å². The molecule has 4 heterocycles. The molecule has 2 aliphatic rings. The number of hydrogen-bond acceptors (Lipinski definition) is 7. The van der Waals surface area contributed by atoms with E-state index in [1.165, 1.54) is 12.1 Å². The second-order valence-corrected chi connectivity index (χ2v) is 11.4. The van der Waals surface area contributed by atoms with Gasteiger partial charge in [-0.05, 0) is 72.9 Å². The number of pyridine rings is 1. The first kappa shape index (κ1) is 29.4. The molecule has 9 nitrogen and oxygen atoms in total. The van der Waals surface area contributed by atoms with Crippen LogP contribution < -0.4 is 9.47 Å². The Morgan fingerprint density at radius 3 is 2.67 bits per heavy atom. The molecule has 11 heteroatoms. The second-order valence-electron chi connectivity index (χ2n) is 11.4. The molecule has 1 N–H and O–H groups in total. The highest BCUT2D eigenvalue weighted by Crippen LogP contribution is 2.34. The molecule has 0 unspecified atom stereocenters. The molecule has 0 spiro atoms. The average Bonchev–Trinajstić information content (AvgIpc) is 3.37. The molecule has 0 radical (unpaired) electrons. The first-order chi connectivity index (χ1) is 22.4. The van der Waals surface area contributed by atoms with Gasteiger partial charge in [0.2, 0.25) is 5.88 Å². The molecule has 1 atom stereocenters. The number of carboxylic acid groups (broad SMARTS) is 1. The average molecular weight is 623 g/mol. The summed E-state index contributed by atoms with van der Waals surface area (Å²) in [7, 11) is 0. The first-order valence-electron chi connectivity index (χ1n) is 15.0. The lowest BCUT2D eigenvalue weighted by Gasteiger charge is -2.27. The summed E-state index contributed by atoms with van der Waals surface area (Å²) < 4.78 is 50.6. The number of fused-ring (bicyclic) bond motifs is 7. The van der Waals surface area contributed by atoms with Gasteiger partial charge in [-0.1, -0.05) is 12.1 Å². The minimum atomic E-state index is -1.25. The van der Waals surface area contributed by atoms with Gasteiger partial charge in [0.1, 0.15) is 29.5 Å². The highest BCUT2D eigenvalue weighted by atomic mass is 19.1. The Hall–Kier alpha value is -5.34. The number of hydrogen-bond donors (Lipinski definition) is 1. The van der Waals surface area contributed by atoms with E-state index in [1.807, 2.05) is 12.1 Å². The third-order valence-corrected chi connectivity index (χ3v) is 8.37. The summed E-state index contributed by atoms with van der Waals surface area (Å²) in [6.45, 7) is 1.48. The van der Waals surface area contributed by atoms with Gasteiger partial charge < -0.3 is 23.9 Å². The number of rotatable bonds is 5. The van der Waals surface area contributed by atoms with E-state index in [9.17, 15) is 15.2 Å². The van der Waals surface area contributed by atoms with Gasteiger partial charge in [0.25, 0.3) is 0 Å².